The summed E-state index contributed by atoms with van der Waals surface area (Å²) in [6.45, 7) is 0. The number of benzene rings is 1. The molecular formula is C12H6ClF2IN2O. The fraction of sp³-hybridized carbons (Fsp3) is 0. The van der Waals surface area contributed by atoms with Crippen LogP contribution in [0, 0.1) is 15.5 Å². The van der Waals surface area contributed by atoms with Gasteiger partial charge in [0.1, 0.15) is 0 Å². The van der Waals surface area contributed by atoms with Gasteiger partial charge in [0.05, 0.1) is 10.7 Å². The van der Waals surface area contributed by atoms with E-state index in [0.29, 0.717) is 5.02 Å². The third kappa shape index (κ3) is 3.38. The average Bonchev–Trinajstić information content (AvgIpc) is 2.36. The van der Waals surface area contributed by atoms with E-state index in [-0.39, 0.29) is 11.3 Å². The molecule has 0 spiro atoms. The molecular weight excluding hydrogens is 388 g/mol. The highest BCUT2D eigenvalue weighted by atomic mass is 127. The van der Waals surface area contributed by atoms with Crippen molar-refractivity contribution in [1.82, 2.24) is 4.98 Å². The average molecular weight is 395 g/mol. The Labute approximate surface area is 126 Å². The molecule has 1 heterocycles. The fourth-order valence-electron chi connectivity index (χ4n) is 1.34. The zero-order valence-corrected chi connectivity index (χ0v) is 12.2. The normalized spacial score (nSPS) is 10.3. The van der Waals surface area contributed by atoms with Crippen molar-refractivity contribution in [3.05, 3.63) is 56.4 Å². The number of anilines is 1. The molecule has 7 heteroatoms. The SMILES string of the molecule is O=C(Nc1ccc(F)nc1F)c1ccc(I)c(Cl)c1. The number of carbonyl (C=O) groups is 1. The number of nitrogens with one attached hydrogen (secondary N) is 1. The van der Waals surface area contributed by atoms with E-state index >= 15 is 0 Å². The maximum Gasteiger partial charge on any atom is 0.255 e. The van der Waals surface area contributed by atoms with Gasteiger partial charge in [0.25, 0.3) is 5.91 Å². The van der Waals surface area contributed by atoms with Gasteiger partial charge >= 0.3 is 0 Å². The van der Waals surface area contributed by atoms with Gasteiger partial charge < -0.3 is 5.32 Å². The summed E-state index contributed by atoms with van der Waals surface area (Å²) in [6, 6.07) is 6.74. The third-order valence-corrected chi connectivity index (χ3v) is 3.82. The summed E-state index contributed by atoms with van der Waals surface area (Å²) >= 11 is 7.91. The van der Waals surface area contributed by atoms with Crippen molar-refractivity contribution in [2.45, 2.75) is 0 Å². The molecule has 3 nitrogen and oxygen atoms in total. The third-order valence-electron chi connectivity index (χ3n) is 2.24. The minimum absolute atomic E-state index is 0.193. The summed E-state index contributed by atoms with van der Waals surface area (Å²) in [5.74, 6) is -2.58. The lowest BCUT2D eigenvalue weighted by Gasteiger charge is -2.06. The topological polar surface area (TPSA) is 42.0 Å². The summed E-state index contributed by atoms with van der Waals surface area (Å²) in [4.78, 5) is 14.8. The van der Waals surface area contributed by atoms with E-state index < -0.39 is 17.8 Å². The van der Waals surface area contributed by atoms with Crippen molar-refractivity contribution >= 4 is 45.8 Å². The summed E-state index contributed by atoms with van der Waals surface area (Å²) in [5.41, 5.74) is 0.0789. The van der Waals surface area contributed by atoms with Crippen molar-refractivity contribution in [2.75, 3.05) is 5.32 Å². The zero-order valence-electron chi connectivity index (χ0n) is 9.25. The first-order chi connectivity index (χ1) is 8.97. The van der Waals surface area contributed by atoms with E-state index in [1.807, 2.05) is 22.6 Å². The lowest BCUT2D eigenvalue weighted by Crippen LogP contribution is -2.13. The van der Waals surface area contributed by atoms with Gasteiger partial charge in [-0.2, -0.15) is 13.8 Å². The molecule has 19 heavy (non-hydrogen) atoms. The van der Waals surface area contributed by atoms with Crippen LogP contribution in [-0.4, -0.2) is 10.9 Å². The van der Waals surface area contributed by atoms with Crippen LogP contribution in [0.25, 0.3) is 0 Å². The number of halogens is 4. The summed E-state index contributed by atoms with van der Waals surface area (Å²) in [7, 11) is 0. The Balaban J connectivity index is 2.23. The summed E-state index contributed by atoms with van der Waals surface area (Å²) < 4.78 is 26.7. The highest BCUT2D eigenvalue weighted by Crippen LogP contribution is 2.20. The number of carbonyl (C=O) groups excluding carboxylic acids is 1. The zero-order chi connectivity index (χ0) is 14.0. The molecule has 2 rings (SSSR count). The first kappa shape index (κ1) is 14.1. The van der Waals surface area contributed by atoms with Crippen molar-refractivity contribution < 1.29 is 13.6 Å². The molecule has 0 radical (unpaired) electrons. The number of rotatable bonds is 2. The van der Waals surface area contributed by atoms with Gasteiger partial charge in [-0.25, -0.2) is 0 Å². The maximum atomic E-state index is 13.3. The predicted molar refractivity (Wildman–Crippen MR) is 76.3 cm³/mol. The number of hydrogen-bond acceptors (Lipinski definition) is 2. The molecule has 0 saturated carbocycles. The van der Waals surface area contributed by atoms with Crippen LogP contribution in [0.2, 0.25) is 5.02 Å². The van der Waals surface area contributed by atoms with Crippen LogP contribution < -0.4 is 5.32 Å². The highest BCUT2D eigenvalue weighted by Gasteiger charge is 2.12. The van der Waals surface area contributed by atoms with Crippen LogP contribution in [0.5, 0.6) is 0 Å². The predicted octanol–water partition coefficient (Wildman–Crippen LogP) is 3.87. The lowest BCUT2D eigenvalue weighted by molar-refractivity contribution is 0.102. The Morgan fingerprint density at radius 3 is 2.63 bits per heavy atom. The van der Waals surface area contributed by atoms with Gasteiger partial charge in [-0.15, -0.1) is 0 Å². The standard InChI is InChI=1S/C12H6ClF2IN2O/c13-7-5-6(1-2-8(7)16)12(19)17-9-3-4-10(14)18-11(9)15/h1-5H,(H,17,19). The fourth-order valence-corrected chi connectivity index (χ4v) is 1.85. The molecule has 2 aromatic rings. The van der Waals surface area contributed by atoms with E-state index in [9.17, 15) is 13.6 Å². The lowest BCUT2D eigenvalue weighted by atomic mass is 10.2. The van der Waals surface area contributed by atoms with Crippen LogP contribution in [0.4, 0.5) is 14.5 Å². The molecule has 0 aliphatic carbocycles. The quantitative estimate of drug-likeness (QED) is 0.621. The smallest absolute Gasteiger partial charge is 0.255 e. The Kier molecular flexibility index (Phi) is 4.31. The minimum atomic E-state index is -1.08. The molecule has 0 atom stereocenters. The number of amides is 1. The molecule has 0 fully saturated rings. The molecule has 1 aromatic heterocycles. The van der Waals surface area contributed by atoms with Gasteiger partial charge in [-0.3, -0.25) is 4.79 Å². The second kappa shape index (κ2) is 5.79. The Hall–Kier alpha value is -1.28. The molecule has 0 aliphatic heterocycles. The molecule has 0 unspecified atom stereocenters. The molecule has 1 N–H and O–H groups in total. The van der Waals surface area contributed by atoms with Crippen molar-refractivity contribution in [2.24, 2.45) is 0 Å². The molecule has 0 saturated heterocycles. The van der Waals surface area contributed by atoms with Gasteiger partial charge in [-0.05, 0) is 52.9 Å². The van der Waals surface area contributed by atoms with Crippen LogP contribution in [0.1, 0.15) is 10.4 Å². The number of hydrogen-bond donors (Lipinski definition) is 1. The van der Waals surface area contributed by atoms with Crippen LogP contribution in [0.15, 0.2) is 30.3 Å². The minimum Gasteiger partial charge on any atom is -0.318 e. The molecule has 0 aliphatic rings. The Bertz CT molecular complexity index is 652. The summed E-state index contributed by atoms with van der Waals surface area (Å²) in [6.07, 6.45) is 0. The van der Waals surface area contributed by atoms with Crippen molar-refractivity contribution in [3.63, 3.8) is 0 Å². The highest BCUT2D eigenvalue weighted by molar-refractivity contribution is 14.1. The van der Waals surface area contributed by atoms with Crippen molar-refractivity contribution in [1.29, 1.82) is 0 Å². The molecule has 1 amide bonds. The molecule has 1 aromatic carbocycles. The van der Waals surface area contributed by atoms with Gasteiger partial charge in [0, 0.05) is 9.13 Å². The monoisotopic (exact) mass is 394 g/mol. The Morgan fingerprint density at radius 1 is 1.26 bits per heavy atom. The number of aromatic nitrogens is 1. The largest absolute Gasteiger partial charge is 0.318 e. The second-order valence-electron chi connectivity index (χ2n) is 3.56. The number of pyridine rings is 1. The maximum absolute atomic E-state index is 13.3. The van der Waals surface area contributed by atoms with E-state index in [1.54, 1.807) is 12.1 Å². The van der Waals surface area contributed by atoms with Gasteiger partial charge in [-0.1, -0.05) is 11.6 Å². The van der Waals surface area contributed by atoms with E-state index in [4.69, 9.17) is 11.6 Å². The molecule has 0 bridgehead atoms. The first-order valence-electron chi connectivity index (χ1n) is 5.06. The van der Waals surface area contributed by atoms with E-state index in [0.717, 1.165) is 15.7 Å². The first-order valence-corrected chi connectivity index (χ1v) is 6.51. The van der Waals surface area contributed by atoms with Crippen LogP contribution >= 0.6 is 34.2 Å². The van der Waals surface area contributed by atoms with Gasteiger partial charge in [0.15, 0.2) is 0 Å². The van der Waals surface area contributed by atoms with E-state index in [2.05, 4.69) is 10.3 Å². The summed E-state index contributed by atoms with van der Waals surface area (Å²) in [5, 5.41) is 2.72. The van der Waals surface area contributed by atoms with Gasteiger partial charge in [0.2, 0.25) is 11.9 Å². The van der Waals surface area contributed by atoms with Crippen molar-refractivity contribution in [3.8, 4) is 0 Å². The van der Waals surface area contributed by atoms with E-state index in [1.165, 1.54) is 6.07 Å². The van der Waals surface area contributed by atoms with Crippen LogP contribution in [-0.2, 0) is 0 Å². The second-order valence-corrected chi connectivity index (χ2v) is 5.12. The molecule has 98 valence electrons. The Morgan fingerprint density at radius 2 is 2.00 bits per heavy atom. The van der Waals surface area contributed by atoms with Crippen LogP contribution in [0.3, 0.4) is 0 Å². The number of nitrogens with zero attached hydrogens (tertiary/aromatic N) is 1.